The van der Waals surface area contributed by atoms with Crippen LogP contribution in [0.4, 0.5) is 4.79 Å². The molecule has 3 N–H and O–H groups in total. The van der Waals surface area contributed by atoms with Crippen LogP contribution in [0, 0.1) is 0 Å². The number of aromatic hydroxyl groups is 1. The Kier molecular flexibility index (Phi) is 6.41. The SMILES string of the molecule is CC(C)OP(=O)(OC(C)C)[C@@H](OC(N)=O)c1ccccc1O. The van der Waals surface area contributed by atoms with E-state index in [2.05, 4.69) is 0 Å². The quantitative estimate of drug-likeness (QED) is 0.740. The lowest BCUT2D eigenvalue weighted by molar-refractivity contribution is 0.0824. The lowest BCUT2D eigenvalue weighted by Crippen LogP contribution is -2.21. The van der Waals surface area contributed by atoms with Crippen LogP contribution in [0.25, 0.3) is 0 Å². The van der Waals surface area contributed by atoms with Crippen LogP contribution in [-0.4, -0.2) is 23.4 Å². The van der Waals surface area contributed by atoms with Crippen molar-refractivity contribution in [1.29, 1.82) is 0 Å². The lowest BCUT2D eigenvalue weighted by atomic mass is 10.2. The van der Waals surface area contributed by atoms with Crippen molar-refractivity contribution < 1.29 is 28.3 Å². The Bertz CT molecular complexity index is 546. The highest BCUT2D eigenvalue weighted by Gasteiger charge is 2.43. The van der Waals surface area contributed by atoms with E-state index in [4.69, 9.17) is 19.5 Å². The van der Waals surface area contributed by atoms with E-state index in [1.807, 2.05) is 0 Å². The van der Waals surface area contributed by atoms with Crippen molar-refractivity contribution in [3.8, 4) is 5.75 Å². The van der Waals surface area contributed by atoms with Crippen LogP contribution in [-0.2, 0) is 18.3 Å². The van der Waals surface area contributed by atoms with Crippen LogP contribution in [0.2, 0.25) is 0 Å². The largest absolute Gasteiger partial charge is 0.508 e. The highest BCUT2D eigenvalue weighted by Crippen LogP contribution is 2.63. The van der Waals surface area contributed by atoms with Crippen molar-refractivity contribution in [3.63, 3.8) is 0 Å². The second-order valence-electron chi connectivity index (χ2n) is 5.20. The molecule has 1 aromatic carbocycles. The third-order valence-electron chi connectivity index (χ3n) is 2.43. The van der Waals surface area contributed by atoms with Crippen molar-refractivity contribution in [2.75, 3.05) is 0 Å². The average molecular weight is 331 g/mol. The van der Waals surface area contributed by atoms with Gasteiger partial charge >= 0.3 is 13.7 Å². The van der Waals surface area contributed by atoms with Gasteiger partial charge in [-0.05, 0) is 33.8 Å². The smallest absolute Gasteiger partial charge is 0.405 e. The molecule has 1 rings (SSSR count). The van der Waals surface area contributed by atoms with Crippen molar-refractivity contribution >= 4 is 13.7 Å². The molecule has 0 fully saturated rings. The number of amides is 1. The summed E-state index contributed by atoms with van der Waals surface area (Å²) >= 11 is 0. The molecule has 8 heteroatoms. The molecule has 0 aromatic heterocycles. The van der Waals surface area contributed by atoms with Crippen LogP contribution in [0.15, 0.2) is 24.3 Å². The summed E-state index contributed by atoms with van der Waals surface area (Å²) in [5, 5.41) is 9.96. The van der Waals surface area contributed by atoms with Gasteiger partial charge in [0.2, 0.25) is 5.85 Å². The molecule has 0 aliphatic heterocycles. The van der Waals surface area contributed by atoms with E-state index in [-0.39, 0.29) is 11.3 Å². The first kappa shape index (κ1) is 18.5. The van der Waals surface area contributed by atoms with E-state index in [9.17, 15) is 14.5 Å². The number of benzene rings is 1. The van der Waals surface area contributed by atoms with E-state index in [0.717, 1.165) is 0 Å². The number of hydrogen-bond acceptors (Lipinski definition) is 6. The summed E-state index contributed by atoms with van der Waals surface area (Å²) in [7, 11) is -3.93. The summed E-state index contributed by atoms with van der Waals surface area (Å²) in [6, 6.07) is 6.02. The van der Waals surface area contributed by atoms with Gasteiger partial charge in [-0.2, -0.15) is 0 Å². The van der Waals surface area contributed by atoms with Gasteiger partial charge in [-0.15, -0.1) is 0 Å². The van der Waals surface area contributed by atoms with Gasteiger partial charge in [0.05, 0.1) is 12.2 Å². The number of ether oxygens (including phenoxy) is 1. The summed E-state index contributed by atoms with van der Waals surface area (Å²) < 4.78 is 28.9. The molecule has 0 bridgehead atoms. The molecule has 0 heterocycles. The standard InChI is InChI=1S/C14H22NO6P/c1-9(2)20-22(18,21-10(3)4)13(19-14(15)17)11-7-5-6-8-12(11)16/h5-10,13,16H,1-4H3,(H2,15,17)/t13-/m1/s1. The van der Waals surface area contributed by atoms with Gasteiger partial charge in [0.15, 0.2) is 0 Å². The predicted octanol–water partition coefficient (Wildman–Crippen LogP) is 3.53. The van der Waals surface area contributed by atoms with Gasteiger partial charge < -0.3 is 24.6 Å². The van der Waals surface area contributed by atoms with Gasteiger partial charge in [-0.25, -0.2) is 4.79 Å². The maximum absolute atomic E-state index is 13.1. The Morgan fingerprint density at radius 2 is 1.64 bits per heavy atom. The number of hydrogen-bond donors (Lipinski definition) is 2. The fraction of sp³-hybridized carbons (Fsp3) is 0.500. The molecule has 0 spiro atoms. The maximum Gasteiger partial charge on any atom is 0.405 e. The zero-order valence-corrected chi connectivity index (χ0v) is 13.9. The third-order valence-corrected chi connectivity index (χ3v) is 4.82. The highest BCUT2D eigenvalue weighted by molar-refractivity contribution is 7.54. The number of nitrogens with two attached hydrogens (primary N) is 1. The van der Waals surface area contributed by atoms with Crippen molar-refractivity contribution in [2.24, 2.45) is 5.73 Å². The van der Waals surface area contributed by atoms with E-state index >= 15 is 0 Å². The number of phenols is 1. The maximum atomic E-state index is 13.1. The summed E-state index contributed by atoms with van der Waals surface area (Å²) in [6.45, 7) is 6.68. The van der Waals surface area contributed by atoms with E-state index < -0.39 is 31.7 Å². The van der Waals surface area contributed by atoms with Crippen LogP contribution >= 0.6 is 7.60 Å². The second kappa shape index (κ2) is 7.63. The van der Waals surface area contributed by atoms with Gasteiger partial charge in [0.25, 0.3) is 0 Å². The Morgan fingerprint density at radius 1 is 1.14 bits per heavy atom. The zero-order valence-electron chi connectivity index (χ0n) is 13.1. The molecular formula is C14H22NO6P. The molecular weight excluding hydrogens is 309 g/mol. The minimum absolute atomic E-state index is 0.103. The second-order valence-corrected chi connectivity index (χ2v) is 7.17. The van der Waals surface area contributed by atoms with E-state index in [1.54, 1.807) is 39.8 Å². The summed E-state index contributed by atoms with van der Waals surface area (Å²) in [5.74, 6) is -1.65. The summed E-state index contributed by atoms with van der Waals surface area (Å²) in [6.07, 6.45) is -2.04. The molecule has 0 saturated heterocycles. The molecule has 1 aromatic rings. The molecule has 0 radical (unpaired) electrons. The van der Waals surface area contributed by atoms with Gasteiger partial charge in [0, 0.05) is 5.56 Å². The van der Waals surface area contributed by atoms with Crippen LogP contribution in [0.3, 0.4) is 0 Å². The molecule has 0 unspecified atom stereocenters. The molecule has 1 amide bonds. The molecule has 124 valence electrons. The normalized spacial score (nSPS) is 13.4. The average Bonchev–Trinajstić information content (AvgIpc) is 2.34. The Hall–Kier alpha value is -1.56. The first-order chi connectivity index (χ1) is 10.2. The van der Waals surface area contributed by atoms with Crippen molar-refractivity contribution in [3.05, 3.63) is 29.8 Å². The number of carbonyl (C=O) groups is 1. The van der Waals surface area contributed by atoms with Crippen molar-refractivity contribution in [1.82, 2.24) is 0 Å². The number of primary amides is 1. The minimum Gasteiger partial charge on any atom is -0.508 e. The van der Waals surface area contributed by atoms with Crippen molar-refractivity contribution in [2.45, 2.75) is 45.7 Å². The number of para-hydroxylation sites is 1. The van der Waals surface area contributed by atoms with Gasteiger partial charge in [-0.1, -0.05) is 18.2 Å². The fourth-order valence-electron chi connectivity index (χ4n) is 1.83. The first-order valence-electron chi connectivity index (χ1n) is 6.86. The molecule has 0 aliphatic rings. The molecule has 0 saturated carbocycles. The number of phenolic OH excluding ortho intramolecular Hbond substituents is 1. The van der Waals surface area contributed by atoms with Crippen LogP contribution < -0.4 is 5.73 Å². The van der Waals surface area contributed by atoms with Crippen LogP contribution in [0.1, 0.15) is 39.1 Å². The van der Waals surface area contributed by atoms with E-state index in [0.29, 0.717) is 0 Å². The highest BCUT2D eigenvalue weighted by atomic mass is 31.2. The Balaban J connectivity index is 3.35. The molecule has 1 atom stereocenters. The molecule has 0 aliphatic carbocycles. The minimum atomic E-state index is -3.93. The topological polar surface area (TPSA) is 108 Å². The molecule has 7 nitrogen and oxygen atoms in total. The summed E-state index contributed by atoms with van der Waals surface area (Å²) in [5.41, 5.74) is 5.17. The number of rotatable bonds is 7. The summed E-state index contributed by atoms with van der Waals surface area (Å²) in [4.78, 5) is 11.2. The molecule has 22 heavy (non-hydrogen) atoms. The van der Waals surface area contributed by atoms with Gasteiger partial charge in [-0.3, -0.25) is 4.57 Å². The lowest BCUT2D eigenvalue weighted by Gasteiger charge is -2.29. The Morgan fingerprint density at radius 3 is 2.05 bits per heavy atom. The fourth-order valence-corrected chi connectivity index (χ4v) is 4.07. The first-order valence-corrected chi connectivity index (χ1v) is 8.47. The Labute approximate surface area is 129 Å². The number of carbonyl (C=O) groups excluding carboxylic acids is 1. The monoisotopic (exact) mass is 331 g/mol. The van der Waals surface area contributed by atoms with Gasteiger partial charge in [0.1, 0.15) is 5.75 Å². The predicted molar refractivity (Wildman–Crippen MR) is 81.6 cm³/mol. The van der Waals surface area contributed by atoms with Crippen LogP contribution in [0.5, 0.6) is 5.75 Å². The third kappa shape index (κ3) is 5.02. The zero-order chi connectivity index (χ0) is 16.9. The van der Waals surface area contributed by atoms with E-state index in [1.165, 1.54) is 12.1 Å².